The van der Waals surface area contributed by atoms with Gasteiger partial charge in [0.25, 0.3) is 0 Å². The van der Waals surface area contributed by atoms with E-state index in [4.69, 9.17) is 10.5 Å². The number of aryl methyl sites for hydroxylation is 1. The highest BCUT2D eigenvalue weighted by Crippen LogP contribution is 2.51. The summed E-state index contributed by atoms with van der Waals surface area (Å²) in [6.07, 6.45) is 8.78. The molecule has 1 fully saturated rings. The van der Waals surface area contributed by atoms with E-state index in [9.17, 15) is 0 Å². The normalized spacial score (nSPS) is 21.9. The van der Waals surface area contributed by atoms with Crippen LogP contribution in [0.2, 0.25) is 0 Å². The minimum Gasteiger partial charge on any atom is -0.493 e. The molecule has 1 aromatic rings. The third-order valence-corrected chi connectivity index (χ3v) is 5.37. The van der Waals surface area contributed by atoms with Gasteiger partial charge in [-0.3, -0.25) is 0 Å². The molecule has 1 atom stereocenters. The zero-order chi connectivity index (χ0) is 14.9. The number of nitrogens with two attached hydrogens (primary N) is 1. The molecule has 2 heteroatoms. The standard InChI is InChI=1S/C19H29NO/c1-14(2)13-19(9-3-4-10-19)18(20)16-7-8-17-15(12-16)6-5-11-21-17/h7-8,12,14,18H,3-6,9-11,13,20H2,1-2H3. The van der Waals surface area contributed by atoms with Crippen molar-refractivity contribution < 1.29 is 4.74 Å². The van der Waals surface area contributed by atoms with Gasteiger partial charge < -0.3 is 10.5 Å². The van der Waals surface area contributed by atoms with E-state index in [1.165, 1.54) is 43.2 Å². The molecule has 2 nitrogen and oxygen atoms in total. The molecule has 0 amide bonds. The first kappa shape index (κ1) is 14.9. The van der Waals surface area contributed by atoms with Gasteiger partial charge in [-0.1, -0.05) is 38.8 Å². The van der Waals surface area contributed by atoms with Gasteiger partial charge >= 0.3 is 0 Å². The lowest BCUT2D eigenvalue weighted by Gasteiger charge is -2.37. The van der Waals surface area contributed by atoms with Crippen molar-refractivity contribution >= 4 is 0 Å². The molecule has 0 bridgehead atoms. The van der Waals surface area contributed by atoms with Crippen molar-refractivity contribution in [3.8, 4) is 5.75 Å². The monoisotopic (exact) mass is 287 g/mol. The fraction of sp³-hybridized carbons (Fsp3) is 0.684. The van der Waals surface area contributed by atoms with Crippen molar-refractivity contribution in [1.29, 1.82) is 0 Å². The van der Waals surface area contributed by atoms with E-state index in [1.54, 1.807) is 0 Å². The van der Waals surface area contributed by atoms with E-state index in [0.29, 0.717) is 5.41 Å². The van der Waals surface area contributed by atoms with Crippen LogP contribution >= 0.6 is 0 Å². The summed E-state index contributed by atoms with van der Waals surface area (Å²) < 4.78 is 5.73. The summed E-state index contributed by atoms with van der Waals surface area (Å²) >= 11 is 0. The Morgan fingerprint density at radius 1 is 1.19 bits per heavy atom. The number of ether oxygens (including phenoxy) is 1. The highest BCUT2D eigenvalue weighted by molar-refractivity contribution is 5.40. The van der Waals surface area contributed by atoms with Crippen LogP contribution in [0.1, 0.15) is 69.5 Å². The maximum atomic E-state index is 6.78. The van der Waals surface area contributed by atoms with Crippen LogP contribution in [0.15, 0.2) is 18.2 Å². The lowest BCUT2D eigenvalue weighted by atomic mass is 9.70. The molecule has 1 saturated carbocycles. The predicted molar refractivity (Wildman–Crippen MR) is 87.5 cm³/mol. The SMILES string of the molecule is CC(C)CC1(C(N)c2ccc3c(c2)CCCO3)CCCC1. The maximum Gasteiger partial charge on any atom is 0.122 e. The fourth-order valence-corrected chi connectivity index (χ4v) is 4.46. The van der Waals surface area contributed by atoms with E-state index in [-0.39, 0.29) is 6.04 Å². The number of rotatable bonds is 4. The quantitative estimate of drug-likeness (QED) is 0.877. The molecule has 0 radical (unpaired) electrons. The van der Waals surface area contributed by atoms with Gasteiger partial charge in [0.05, 0.1) is 6.61 Å². The molecule has 116 valence electrons. The van der Waals surface area contributed by atoms with Gasteiger partial charge in [0.15, 0.2) is 0 Å². The molecule has 1 aliphatic carbocycles. The van der Waals surface area contributed by atoms with Crippen LogP contribution in [0.25, 0.3) is 0 Å². The first-order valence-corrected chi connectivity index (χ1v) is 8.62. The molecule has 2 N–H and O–H groups in total. The van der Waals surface area contributed by atoms with Gasteiger partial charge in [0.1, 0.15) is 5.75 Å². The smallest absolute Gasteiger partial charge is 0.122 e. The summed E-state index contributed by atoms with van der Waals surface area (Å²) in [7, 11) is 0. The number of benzene rings is 1. The van der Waals surface area contributed by atoms with Gasteiger partial charge in [-0.2, -0.15) is 0 Å². The first-order valence-electron chi connectivity index (χ1n) is 8.62. The molecule has 0 spiro atoms. The second-order valence-electron chi connectivity index (χ2n) is 7.46. The summed E-state index contributed by atoms with van der Waals surface area (Å²) in [5.74, 6) is 1.79. The molecule has 1 unspecified atom stereocenters. The molecule has 21 heavy (non-hydrogen) atoms. The molecule has 1 aromatic carbocycles. The molecule has 1 heterocycles. The third-order valence-electron chi connectivity index (χ3n) is 5.37. The first-order chi connectivity index (χ1) is 10.1. The largest absolute Gasteiger partial charge is 0.493 e. The Balaban J connectivity index is 1.87. The van der Waals surface area contributed by atoms with Crippen molar-refractivity contribution in [2.24, 2.45) is 17.1 Å². The Kier molecular flexibility index (Phi) is 4.26. The van der Waals surface area contributed by atoms with Gasteiger partial charge in [0.2, 0.25) is 0 Å². The van der Waals surface area contributed by atoms with Gasteiger partial charge in [-0.25, -0.2) is 0 Å². The van der Waals surface area contributed by atoms with Crippen LogP contribution in [0.3, 0.4) is 0 Å². The average Bonchev–Trinajstić information content (AvgIpc) is 2.95. The Hall–Kier alpha value is -1.02. The Bertz CT molecular complexity index is 488. The molecular formula is C19H29NO. The fourth-order valence-electron chi connectivity index (χ4n) is 4.46. The molecule has 0 saturated heterocycles. The molecule has 0 aromatic heterocycles. The van der Waals surface area contributed by atoms with Gasteiger partial charge in [-0.15, -0.1) is 0 Å². The van der Waals surface area contributed by atoms with Crippen LogP contribution in [0, 0.1) is 11.3 Å². The number of hydrogen-bond acceptors (Lipinski definition) is 2. The minimum absolute atomic E-state index is 0.176. The predicted octanol–water partition coefficient (Wildman–Crippen LogP) is 4.62. The highest BCUT2D eigenvalue weighted by Gasteiger charge is 2.40. The van der Waals surface area contributed by atoms with E-state index < -0.39 is 0 Å². The maximum absolute atomic E-state index is 6.78. The van der Waals surface area contributed by atoms with E-state index in [1.807, 2.05) is 0 Å². The highest BCUT2D eigenvalue weighted by atomic mass is 16.5. The Labute approximate surface area is 129 Å². The molecule has 2 aliphatic rings. The zero-order valence-electron chi connectivity index (χ0n) is 13.5. The topological polar surface area (TPSA) is 35.2 Å². The van der Waals surface area contributed by atoms with E-state index in [2.05, 4.69) is 32.0 Å². The second kappa shape index (κ2) is 6.00. The summed E-state index contributed by atoms with van der Waals surface area (Å²) in [4.78, 5) is 0. The van der Waals surface area contributed by atoms with Gasteiger partial charge in [0, 0.05) is 6.04 Å². The van der Waals surface area contributed by atoms with Crippen LogP contribution in [-0.4, -0.2) is 6.61 Å². The van der Waals surface area contributed by atoms with Crippen LogP contribution in [0.5, 0.6) is 5.75 Å². The molecule has 3 rings (SSSR count). The Morgan fingerprint density at radius 3 is 2.67 bits per heavy atom. The lowest BCUT2D eigenvalue weighted by molar-refractivity contribution is 0.183. The number of fused-ring (bicyclic) bond motifs is 1. The van der Waals surface area contributed by atoms with Crippen molar-refractivity contribution in [3.05, 3.63) is 29.3 Å². The lowest BCUT2D eigenvalue weighted by Crippen LogP contribution is -2.33. The summed E-state index contributed by atoms with van der Waals surface area (Å²) in [5, 5.41) is 0. The third kappa shape index (κ3) is 2.96. The number of hydrogen-bond donors (Lipinski definition) is 1. The van der Waals surface area contributed by atoms with Crippen molar-refractivity contribution in [3.63, 3.8) is 0 Å². The molecule has 1 aliphatic heterocycles. The van der Waals surface area contributed by atoms with Gasteiger partial charge in [-0.05, 0) is 60.6 Å². The van der Waals surface area contributed by atoms with E-state index >= 15 is 0 Å². The average molecular weight is 287 g/mol. The Morgan fingerprint density at radius 2 is 1.95 bits per heavy atom. The van der Waals surface area contributed by atoms with Crippen molar-refractivity contribution in [1.82, 2.24) is 0 Å². The summed E-state index contributed by atoms with van der Waals surface area (Å²) in [5.41, 5.74) is 9.77. The molecular weight excluding hydrogens is 258 g/mol. The van der Waals surface area contributed by atoms with Crippen LogP contribution in [0.4, 0.5) is 0 Å². The van der Waals surface area contributed by atoms with Crippen molar-refractivity contribution in [2.75, 3.05) is 6.61 Å². The summed E-state index contributed by atoms with van der Waals surface area (Å²) in [6, 6.07) is 6.84. The van der Waals surface area contributed by atoms with Crippen LogP contribution < -0.4 is 10.5 Å². The van der Waals surface area contributed by atoms with Crippen LogP contribution in [-0.2, 0) is 6.42 Å². The minimum atomic E-state index is 0.176. The second-order valence-corrected chi connectivity index (χ2v) is 7.46. The summed E-state index contributed by atoms with van der Waals surface area (Å²) in [6.45, 7) is 5.51. The van der Waals surface area contributed by atoms with E-state index in [0.717, 1.165) is 31.1 Å². The zero-order valence-corrected chi connectivity index (χ0v) is 13.5. The van der Waals surface area contributed by atoms with Crippen molar-refractivity contribution in [2.45, 2.75) is 64.8 Å².